The maximum atomic E-state index is 5.63. The molecule has 3 rings (SSSR count). The Bertz CT molecular complexity index is 550. The fraction of sp³-hybridized carbons (Fsp3) is 0.400. The normalized spacial score (nSPS) is 18.3. The lowest BCUT2D eigenvalue weighted by Gasteiger charge is -2.26. The third kappa shape index (κ3) is 2.85. The van der Waals surface area contributed by atoms with Crippen LogP contribution in [0.3, 0.4) is 0 Å². The van der Waals surface area contributed by atoms with Crippen molar-refractivity contribution in [3.05, 3.63) is 53.3 Å². The number of benzene rings is 1. The first kappa shape index (κ1) is 12.4. The average molecular weight is 257 g/mol. The van der Waals surface area contributed by atoms with Crippen LogP contribution in [0.15, 0.2) is 36.5 Å². The Balaban J connectivity index is 1.59. The van der Waals surface area contributed by atoms with Gasteiger partial charge < -0.3 is 10.1 Å². The lowest BCUT2D eigenvalue weighted by atomic mass is 9.99. The molecular weight excluding hydrogens is 238 g/mol. The highest BCUT2D eigenvalue weighted by atomic mass is 16.5. The van der Waals surface area contributed by atoms with Gasteiger partial charge in [0, 0.05) is 26.2 Å². The predicted octanol–water partition coefficient (Wildman–Crippen LogP) is 1.82. The second kappa shape index (κ2) is 5.55. The molecule has 100 valence electrons. The summed E-state index contributed by atoms with van der Waals surface area (Å²) in [6.07, 6.45) is 2.92. The molecule has 1 aliphatic heterocycles. The van der Waals surface area contributed by atoms with Gasteiger partial charge in [-0.2, -0.15) is 5.10 Å². The van der Waals surface area contributed by atoms with E-state index in [0.29, 0.717) is 6.04 Å². The lowest BCUT2D eigenvalue weighted by Crippen LogP contribution is -2.31. The number of nitrogens with one attached hydrogen (secondary N) is 1. The summed E-state index contributed by atoms with van der Waals surface area (Å²) >= 11 is 0. The molecule has 19 heavy (non-hydrogen) atoms. The number of aryl methyl sites for hydroxylation is 1. The van der Waals surface area contributed by atoms with E-state index in [1.807, 2.05) is 17.9 Å². The molecule has 0 bridgehead atoms. The average Bonchev–Trinajstić information content (AvgIpc) is 2.85. The molecule has 2 aromatic rings. The van der Waals surface area contributed by atoms with Crippen molar-refractivity contribution in [2.75, 3.05) is 13.2 Å². The number of nitrogens with zero attached hydrogens (tertiary/aromatic N) is 2. The summed E-state index contributed by atoms with van der Waals surface area (Å²) in [5.41, 5.74) is 3.79. The number of fused-ring (bicyclic) bond motifs is 1. The molecule has 4 nitrogen and oxygen atoms in total. The van der Waals surface area contributed by atoms with Gasteiger partial charge in [-0.05, 0) is 17.2 Å². The summed E-state index contributed by atoms with van der Waals surface area (Å²) in [5, 5.41) is 7.94. The second-order valence-electron chi connectivity index (χ2n) is 4.95. The van der Waals surface area contributed by atoms with Crippen LogP contribution in [0.25, 0.3) is 0 Å². The van der Waals surface area contributed by atoms with E-state index in [1.54, 1.807) is 0 Å². The monoisotopic (exact) mass is 257 g/mol. The fourth-order valence-electron chi connectivity index (χ4n) is 2.52. The minimum absolute atomic E-state index is 0.300. The van der Waals surface area contributed by atoms with Crippen molar-refractivity contribution in [3.8, 4) is 0 Å². The molecule has 1 unspecified atom stereocenters. The smallest absolute Gasteiger partial charge is 0.0721 e. The van der Waals surface area contributed by atoms with Gasteiger partial charge in [-0.15, -0.1) is 0 Å². The fourth-order valence-corrected chi connectivity index (χ4v) is 2.52. The first-order chi connectivity index (χ1) is 9.33. The van der Waals surface area contributed by atoms with Crippen LogP contribution in [0.5, 0.6) is 0 Å². The molecule has 1 N–H and O–H groups in total. The predicted molar refractivity (Wildman–Crippen MR) is 73.8 cm³/mol. The first-order valence-corrected chi connectivity index (χ1v) is 6.70. The SMILES string of the molecule is Cn1ccc(CCNC2COCc3ccccc32)n1. The molecule has 0 spiro atoms. The largest absolute Gasteiger partial charge is 0.375 e. The highest BCUT2D eigenvalue weighted by Gasteiger charge is 2.19. The number of aromatic nitrogens is 2. The zero-order valence-electron chi connectivity index (χ0n) is 11.2. The molecule has 0 fully saturated rings. The van der Waals surface area contributed by atoms with Gasteiger partial charge in [0.1, 0.15) is 0 Å². The summed E-state index contributed by atoms with van der Waals surface area (Å²) in [4.78, 5) is 0. The van der Waals surface area contributed by atoms with E-state index in [9.17, 15) is 0 Å². The number of hydrogen-bond donors (Lipinski definition) is 1. The van der Waals surface area contributed by atoms with Crippen LogP contribution in [0, 0.1) is 0 Å². The van der Waals surface area contributed by atoms with Crippen molar-refractivity contribution in [2.45, 2.75) is 19.1 Å². The Hall–Kier alpha value is -1.65. The molecule has 1 aromatic heterocycles. The van der Waals surface area contributed by atoms with Gasteiger partial charge in [0.2, 0.25) is 0 Å². The van der Waals surface area contributed by atoms with Crippen molar-refractivity contribution in [2.24, 2.45) is 7.05 Å². The van der Waals surface area contributed by atoms with E-state index in [-0.39, 0.29) is 0 Å². The third-order valence-electron chi connectivity index (χ3n) is 3.51. The molecule has 1 aliphatic rings. The number of hydrogen-bond acceptors (Lipinski definition) is 3. The molecule has 0 radical (unpaired) electrons. The van der Waals surface area contributed by atoms with Crippen molar-refractivity contribution < 1.29 is 4.74 Å². The Morgan fingerprint density at radius 2 is 2.26 bits per heavy atom. The Morgan fingerprint density at radius 3 is 3.11 bits per heavy atom. The van der Waals surface area contributed by atoms with Gasteiger partial charge in [0.15, 0.2) is 0 Å². The van der Waals surface area contributed by atoms with Crippen molar-refractivity contribution in [3.63, 3.8) is 0 Å². The Labute approximate surface area is 113 Å². The van der Waals surface area contributed by atoms with E-state index >= 15 is 0 Å². The first-order valence-electron chi connectivity index (χ1n) is 6.70. The van der Waals surface area contributed by atoms with Gasteiger partial charge in [-0.25, -0.2) is 0 Å². The summed E-state index contributed by atoms with van der Waals surface area (Å²) in [7, 11) is 1.95. The third-order valence-corrected chi connectivity index (χ3v) is 3.51. The van der Waals surface area contributed by atoms with Gasteiger partial charge in [-0.3, -0.25) is 4.68 Å². The quantitative estimate of drug-likeness (QED) is 0.908. The molecule has 1 aromatic carbocycles. The molecule has 0 amide bonds. The zero-order chi connectivity index (χ0) is 13.1. The Kier molecular flexibility index (Phi) is 3.62. The Morgan fingerprint density at radius 1 is 1.37 bits per heavy atom. The highest BCUT2D eigenvalue weighted by molar-refractivity contribution is 5.31. The van der Waals surface area contributed by atoms with Crippen LogP contribution in [0.2, 0.25) is 0 Å². The second-order valence-corrected chi connectivity index (χ2v) is 4.95. The molecule has 4 heteroatoms. The molecule has 1 atom stereocenters. The molecule has 2 heterocycles. The van der Waals surface area contributed by atoms with Crippen LogP contribution in [0.4, 0.5) is 0 Å². The summed E-state index contributed by atoms with van der Waals surface area (Å²) in [6.45, 7) is 2.40. The summed E-state index contributed by atoms with van der Waals surface area (Å²) in [5.74, 6) is 0. The van der Waals surface area contributed by atoms with Crippen LogP contribution in [-0.4, -0.2) is 22.9 Å². The lowest BCUT2D eigenvalue weighted by molar-refractivity contribution is 0.0823. The van der Waals surface area contributed by atoms with Crippen molar-refractivity contribution >= 4 is 0 Å². The standard InChI is InChI=1S/C15H19N3O/c1-18-9-7-13(17-18)6-8-16-15-11-19-10-12-4-2-3-5-14(12)15/h2-5,7,9,15-16H,6,8,10-11H2,1H3. The van der Waals surface area contributed by atoms with Crippen LogP contribution < -0.4 is 5.32 Å². The zero-order valence-corrected chi connectivity index (χ0v) is 11.2. The summed E-state index contributed by atoms with van der Waals surface area (Å²) in [6, 6.07) is 10.9. The topological polar surface area (TPSA) is 39.1 Å². The maximum absolute atomic E-state index is 5.63. The van der Waals surface area contributed by atoms with E-state index in [4.69, 9.17) is 4.74 Å². The molecule has 0 aliphatic carbocycles. The van der Waals surface area contributed by atoms with E-state index in [1.165, 1.54) is 11.1 Å². The van der Waals surface area contributed by atoms with Crippen molar-refractivity contribution in [1.29, 1.82) is 0 Å². The van der Waals surface area contributed by atoms with Crippen LogP contribution >= 0.6 is 0 Å². The van der Waals surface area contributed by atoms with E-state index < -0.39 is 0 Å². The number of rotatable bonds is 4. The van der Waals surface area contributed by atoms with E-state index in [0.717, 1.165) is 31.9 Å². The summed E-state index contributed by atoms with van der Waals surface area (Å²) < 4.78 is 7.47. The van der Waals surface area contributed by atoms with Crippen LogP contribution in [0.1, 0.15) is 22.9 Å². The minimum Gasteiger partial charge on any atom is -0.375 e. The highest BCUT2D eigenvalue weighted by Crippen LogP contribution is 2.24. The molecular formula is C15H19N3O. The van der Waals surface area contributed by atoms with Gasteiger partial charge in [0.25, 0.3) is 0 Å². The minimum atomic E-state index is 0.300. The molecule has 0 saturated carbocycles. The van der Waals surface area contributed by atoms with Gasteiger partial charge in [0.05, 0.1) is 24.9 Å². The van der Waals surface area contributed by atoms with Gasteiger partial charge in [-0.1, -0.05) is 24.3 Å². The van der Waals surface area contributed by atoms with E-state index in [2.05, 4.69) is 40.7 Å². The van der Waals surface area contributed by atoms with Crippen molar-refractivity contribution in [1.82, 2.24) is 15.1 Å². The maximum Gasteiger partial charge on any atom is 0.0721 e. The number of ether oxygens (including phenoxy) is 1. The molecule has 0 saturated heterocycles. The van der Waals surface area contributed by atoms with Gasteiger partial charge >= 0.3 is 0 Å². The van der Waals surface area contributed by atoms with Crippen LogP contribution in [-0.2, 0) is 24.8 Å².